The molecule has 6 nitrogen and oxygen atoms in total. The molecule has 0 aliphatic carbocycles. The van der Waals surface area contributed by atoms with E-state index >= 15 is 0 Å². The average Bonchev–Trinajstić information content (AvgIpc) is 2.76. The van der Waals surface area contributed by atoms with Gasteiger partial charge in [0.05, 0.1) is 6.04 Å². The number of carboxylic acid groups (broad SMARTS) is 2. The predicted molar refractivity (Wildman–Crippen MR) is 71.5 cm³/mol. The quantitative estimate of drug-likeness (QED) is 0.783. The molecule has 0 aromatic carbocycles. The highest BCUT2D eigenvalue weighted by molar-refractivity contribution is 7.59. The summed E-state index contributed by atoms with van der Waals surface area (Å²) in [7, 11) is 0. The van der Waals surface area contributed by atoms with Crippen molar-refractivity contribution < 1.29 is 37.4 Å². The van der Waals surface area contributed by atoms with Gasteiger partial charge in [0.1, 0.15) is 5.76 Å². The monoisotopic (exact) mass is 331 g/mol. The maximum absolute atomic E-state index is 10.6. The largest absolute Gasteiger partial charge is 0.490 e. The van der Waals surface area contributed by atoms with Gasteiger partial charge in [-0.15, -0.1) is 0 Å². The summed E-state index contributed by atoms with van der Waals surface area (Å²) < 4.78 is 36.8. The fraction of sp³-hybridized carbons (Fsp3) is 0.455. The van der Waals surface area contributed by atoms with E-state index in [1.807, 2.05) is 13.8 Å². The lowest BCUT2D eigenvalue weighted by Crippen LogP contribution is -2.21. The Kier molecular flexibility index (Phi) is 8.82. The Hall–Kier alpha value is -1.68. The van der Waals surface area contributed by atoms with Crippen molar-refractivity contribution in [1.82, 2.24) is 0 Å². The first-order valence-corrected chi connectivity index (χ1v) is 5.35. The second-order valence-electron chi connectivity index (χ2n) is 4.08. The Balaban J connectivity index is 0. The second kappa shape index (κ2) is 8.57. The van der Waals surface area contributed by atoms with Gasteiger partial charge in [-0.3, -0.25) is 0 Å². The molecule has 0 bridgehead atoms. The van der Waals surface area contributed by atoms with Crippen LogP contribution >= 0.6 is 13.5 Å². The number of furan rings is 1. The number of carboxylic acids is 2. The lowest BCUT2D eigenvalue weighted by molar-refractivity contribution is -0.192. The van der Waals surface area contributed by atoms with Gasteiger partial charge in [-0.1, -0.05) is 13.8 Å². The van der Waals surface area contributed by atoms with E-state index in [2.05, 4.69) is 0 Å². The third kappa shape index (κ3) is 7.61. The number of halogens is 3. The van der Waals surface area contributed by atoms with Gasteiger partial charge in [0, 0.05) is 0 Å². The van der Waals surface area contributed by atoms with Gasteiger partial charge in [0.25, 0.3) is 0 Å². The zero-order valence-corrected chi connectivity index (χ0v) is 12.1. The molecule has 0 spiro atoms. The Bertz CT molecular complexity index is 473. The summed E-state index contributed by atoms with van der Waals surface area (Å²) in [6.45, 7) is 3.90. The van der Waals surface area contributed by atoms with Gasteiger partial charge in [-0.05, 0) is 18.1 Å². The molecule has 1 aromatic heterocycles. The van der Waals surface area contributed by atoms with Gasteiger partial charge in [-0.25, -0.2) is 9.59 Å². The van der Waals surface area contributed by atoms with Crippen LogP contribution in [0.3, 0.4) is 0 Å². The first-order valence-electron chi connectivity index (χ1n) is 5.35. The van der Waals surface area contributed by atoms with Crippen LogP contribution in [0, 0.1) is 5.92 Å². The predicted octanol–water partition coefficient (Wildman–Crippen LogP) is 2.38. The van der Waals surface area contributed by atoms with Crippen molar-refractivity contribution in [2.24, 2.45) is 11.7 Å². The Labute approximate surface area is 125 Å². The van der Waals surface area contributed by atoms with Crippen molar-refractivity contribution >= 4 is 25.4 Å². The number of rotatable bonds is 3. The molecule has 1 rings (SSSR count). The molecule has 1 atom stereocenters. The second-order valence-corrected chi connectivity index (χ2v) is 4.08. The Morgan fingerprint density at radius 3 is 1.90 bits per heavy atom. The van der Waals surface area contributed by atoms with Crippen LogP contribution in [-0.4, -0.2) is 28.3 Å². The van der Waals surface area contributed by atoms with Gasteiger partial charge >= 0.3 is 18.1 Å². The first kappa shape index (κ1) is 21.6. The fourth-order valence-electron chi connectivity index (χ4n) is 0.975. The van der Waals surface area contributed by atoms with Gasteiger partial charge < -0.3 is 20.4 Å². The van der Waals surface area contributed by atoms with Crippen LogP contribution in [0.5, 0.6) is 0 Å². The smallest absolute Gasteiger partial charge is 0.475 e. The zero-order valence-electron chi connectivity index (χ0n) is 11.1. The SMILES string of the molecule is CC(C)[C@H](N)c1ccc(C(=O)O)o1.O=C(O)C(F)(F)F.S. The fourth-order valence-corrected chi connectivity index (χ4v) is 0.975. The summed E-state index contributed by atoms with van der Waals surface area (Å²) in [6, 6.07) is 2.78. The molecule has 0 unspecified atom stereocenters. The van der Waals surface area contributed by atoms with Gasteiger partial charge in [0.15, 0.2) is 0 Å². The Morgan fingerprint density at radius 2 is 1.67 bits per heavy atom. The number of carbonyl (C=O) groups is 2. The van der Waals surface area contributed by atoms with Crippen LogP contribution in [-0.2, 0) is 4.79 Å². The van der Waals surface area contributed by atoms with Crippen molar-refractivity contribution in [3.05, 3.63) is 23.7 Å². The number of alkyl halides is 3. The zero-order chi connectivity index (χ0) is 16.1. The van der Waals surface area contributed by atoms with Crippen molar-refractivity contribution in [3.8, 4) is 0 Å². The summed E-state index contributed by atoms with van der Waals surface area (Å²) in [5.41, 5.74) is 5.76. The highest BCUT2D eigenvalue weighted by atomic mass is 32.1. The third-order valence-corrected chi connectivity index (χ3v) is 2.13. The summed E-state index contributed by atoms with van der Waals surface area (Å²) in [5, 5.41) is 15.7. The number of aromatic carboxylic acids is 1. The van der Waals surface area contributed by atoms with Crippen LogP contribution in [0.4, 0.5) is 13.2 Å². The Morgan fingerprint density at radius 1 is 1.24 bits per heavy atom. The van der Waals surface area contributed by atoms with Crippen molar-refractivity contribution in [1.29, 1.82) is 0 Å². The lowest BCUT2D eigenvalue weighted by Gasteiger charge is -2.11. The minimum absolute atomic E-state index is 0. The molecular formula is C11H16F3NO5S. The molecule has 0 aliphatic rings. The number of hydrogen-bond acceptors (Lipinski definition) is 4. The molecule has 0 fully saturated rings. The van der Waals surface area contributed by atoms with E-state index in [9.17, 15) is 18.0 Å². The summed E-state index contributed by atoms with van der Waals surface area (Å²) in [5.74, 6) is -3.14. The van der Waals surface area contributed by atoms with Crippen molar-refractivity contribution in [2.45, 2.75) is 26.1 Å². The highest BCUT2D eigenvalue weighted by Gasteiger charge is 2.38. The van der Waals surface area contributed by atoms with Crippen LogP contribution < -0.4 is 5.73 Å². The summed E-state index contributed by atoms with van der Waals surface area (Å²) >= 11 is 0. The molecule has 0 amide bonds. The number of hydrogen-bond donors (Lipinski definition) is 3. The molecule has 0 saturated carbocycles. The molecule has 0 aliphatic heterocycles. The molecule has 21 heavy (non-hydrogen) atoms. The third-order valence-electron chi connectivity index (χ3n) is 2.13. The van der Waals surface area contributed by atoms with Crippen molar-refractivity contribution in [2.75, 3.05) is 0 Å². The molecule has 4 N–H and O–H groups in total. The van der Waals surface area contributed by atoms with Crippen LogP contribution in [0.2, 0.25) is 0 Å². The van der Waals surface area contributed by atoms with E-state index in [1.165, 1.54) is 6.07 Å². The molecule has 0 radical (unpaired) electrons. The highest BCUT2D eigenvalue weighted by Crippen LogP contribution is 2.20. The number of nitrogens with two attached hydrogens (primary N) is 1. The van der Waals surface area contributed by atoms with E-state index in [-0.39, 0.29) is 31.2 Å². The standard InChI is InChI=1S/C9H13NO3.C2HF3O2.H2S/c1-5(2)8(10)6-3-4-7(13-6)9(11)12;3-2(4,5)1(6)7;/h3-5,8H,10H2,1-2H3,(H,11,12);(H,6,7);1H2/t8-;;/m0../s1. The van der Waals surface area contributed by atoms with Crippen molar-refractivity contribution in [3.63, 3.8) is 0 Å². The van der Waals surface area contributed by atoms with E-state index in [4.69, 9.17) is 25.2 Å². The maximum Gasteiger partial charge on any atom is 0.490 e. The van der Waals surface area contributed by atoms with E-state index in [0.29, 0.717) is 5.76 Å². The van der Waals surface area contributed by atoms with Gasteiger partial charge in [0.2, 0.25) is 5.76 Å². The molecule has 122 valence electrons. The van der Waals surface area contributed by atoms with E-state index in [1.54, 1.807) is 6.07 Å². The molecule has 0 saturated heterocycles. The van der Waals surface area contributed by atoms with Crippen LogP contribution in [0.1, 0.15) is 36.2 Å². The average molecular weight is 331 g/mol. The topological polar surface area (TPSA) is 114 Å². The summed E-state index contributed by atoms with van der Waals surface area (Å²) in [6.07, 6.45) is -5.08. The molecular weight excluding hydrogens is 315 g/mol. The molecule has 1 heterocycles. The first-order chi connectivity index (χ1) is 8.96. The van der Waals surface area contributed by atoms with Crippen LogP contribution in [0.25, 0.3) is 0 Å². The van der Waals surface area contributed by atoms with E-state index < -0.39 is 18.1 Å². The minimum atomic E-state index is -5.08. The lowest BCUT2D eigenvalue weighted by atomic mass is 10.0. The normalized spacial score (nSPS) is 12.0. The van der Waals surface area contributed by atoms with Crippen LogP contribution in [0.15, 0.2) is 16.5 Å². The van der Waals surface area contributed by atoms with Gasteiger partial charge in [-0.2, -0.15) is 26.7 Å². The summed E-state index contributed by atoms with van der Waals surface area (Å²) in [4.78, 5) is 19.4. The molecule has 1 aromatic rings. The number of aliphatic carboxylic acids is 1. The minimum Gasteiger partial charge on any atom is -0.475 e. The maximum atomic E-state index is 10.6. The molecule has 10 heteroatoms. The van der Waals surface area contributed by atoms with E-state index in [0.717, 1.165) is 0 Å².